The number of hydrogen-bond acceptors (Lipinski definition) is 6. The number of piperazine rings is 1. The van der Waals surface area contributed by atoms with Crippen LogP contribution >= 0.6 is 0 Å². The van der Waals surface area contributed by atoms with Crippen molar-refractivity contribution in [2.75, 3.05) is 44.2 Å². The van der Waals surface area contributed by atoms with Gasteiger partial charge in [0, 0.05) is 50.2 Å². The number of nitrogens with zero attached hydrogens (tertiary/aromatic N) is 5. The van der Waals surface area contributed by atoms with Gasteiger partial charge in [-0.2, -0.15) is 0 Å². The Kier molecular flexibility index (Phi) is 5.40. The molecule has 0 spiro atoms. The molecule has 0 saturated carbocycles. The molecule has 0 aromatic carbocycles. The van der Waals surface area contributed by atoms with Crippen LogP contribution in [0.15, 0.2) is 41.5 Å². The molecule has 0 N–H and O–H groups in total. The van der Waals surface area contributed by atoms with Crippen molar-refractivity contribution in [3.63, 3.8) is 0 Å². The van der Waals surface area contributed by atoms with Gasteiger partial charge in [-0.05, 0) is 37.6 Å². The first-order chi connectivity index (χ1) is 12.9. The van der Waals surface area contributed by atoms with Crippen molar-refractivity contribution in [3.05, 3.63) is 47.8 Å². The Hall–Kier alpha value is -2.47. The number of anilines is 1. The Balaban J connectivity index is 1.12. The summed E-state index contributed by atoms with van der Waals surface area (Å²) in [6.45, 7) is 6.83. The number of fused-ring (bicyclic) bond motifs is 1. The second-order valence-corrected chi connectivity index (χ2v) is 6.73. The Bertz CT molecular complexity index is 741. The minimum atomic E-state index is 0.678. The molecule has 136 valence electrons. The standard InChI is InChI=1S/C20H25N5O/c1-2-8-22-19(5-1)25-12-10-24(11-13-25)9-3-4-14-26-20-7-6-17-15-21-16-18(17)23-20/h1-2,5-8,15H,3-4,9-14,16H2. The predicted molar refractivity (Wildman–Crippen MR) is 103 cm³/mol. The second-order valence-electron chi connectivity index (χ2n) is 6.73. The molecule has 0 atom stereocenters. The van der Waals surface area contributed by atoms with Crippen molar-refractivity contribution < 1.29 is 4.74 Å². The molecule has 26 heavy (non-hydrogen) atoms. The molecular weight excluding hydrogens is 326 g/mol. The van der Waals surface area contributed by atoms with Gasteiger partial charge < -0.3 is 9.64 Å². The Morgan fingerprint density at radius 1 is 1.00 bits per heavy atom. The van der Waals surface area contributed by atoms with E-state index < -0.39 is 0 Å². The Morgan fingerprint density at radius 3 is 2.77 bits per heavy atom. The third kappa shape index (κ3) is 4.19. The zero-order chi connectivity index (χ0) is 17.6. The summed E-state index contributed by atoms with van der Waals surface area (Å²) in [6, 6.07) is 10.1. The van der Waals surface area contributed by atoms with Crippen LogP contribution in [0.4, 0.5) is 5.82 Å². The number of hydrogen-bond donors (Lipinski definition) is 0. The Labute approximate surface area is 154 Å². The highest BCUT2D eigenvalue weighted by atomic mass is 16.5. The molecular formula is C20H25N5O. The molecule has 2 aromatic heterocycles. The first-order valence-corrected chi connectivity index (χ1v) is 9.39. The molecule has 1 fully saturated rings. The van der Waals surface area contributed by atoms with Crippen molar-refractivity contribution in [1.82, 2.24) is 14.9 Å². The average Bonchev–Trinajstić information content (AvgIpc) is 3.17. The summed E-state index contributed by atoms with van der Waals surface area (Å²) in [6.07, 6.45) is 5.94. The van der Waals surface area contributed by atoms with Crippen LogP contribution in [0, 0.1) is 0 Å². The normalized spacial score (nSPS) is 16.7. The summed E-state index contributed by atoms with van der Waals surface area (Å²) in [7, 11) is 0. The molecule has 1 saturated heterocycles. The van der Waals surface area contributed by atoms with Gasteiger partial charge >= 0.3 is 0 Å². The first kappa shape index (κ1) is 17.0. The maximum absolute atomic E-state index is 5.79. The van der Waals surface area contributed by atoms with E-state index in [4.69, 9.17) is 4.74 Å². The third-order valence-electron chi connectivity index (χ3n) is 4.92. The van der Waals surface area contributed by atoms with Crippen LogP contribution < -0.4 is 9.64 Å². The number of pyridine rings is 2. The van der Waals surface area contributed by atoms with Crippen LogP contribution in [0.5, 0.6) is 5.88 Å². The van der Waals surface area contributed by atoms with Gasteiger partial charge in [0.2, 0.25) is 5.88 Å². The fourth-order valence-corrected chi connectivity index (χ4v) is 3.40. The molecule has 0 bridgehead atoms. The van der Waals surface area contributed by atoms with E-state index in [0.717, 1.165) is 75.1 Å². The van der Waals surface area contributed by atoms with E-state index >= 15 is 0 Å². The van der Waals surface area contributed by atoms with Gasteiger partial charge in [-0.15, -0.1) is 0 Å². The summed E-state index contributed by atoms with van der Waals surface area (Å²) in [5.41, 5.74) is 2.13. The van der Waals surface area contributed by atoms with Crippen molar-refractivity contribution >= 4 is 12.0 Å². The van der Waals surface area contributed by atoms with Crippen molar-refractivity contribution in [2.24, 2.45) is 4.99 Å². The van der Waals surface area contributed by atoms with Gasteiger partial charge in [-0.1, -0.05) is 6.07 Å². The van der Waals surface area contributed by atoms with Gasteiger partial charge in [0.25, 0.3) is 0 Å². The average molecular weight is 351 g/mol. The molecule has 2 aliphatic rings. The molecule has 0 aliphatic carbocycles. The monoisotopic (exact) mass is 351 g/mol. The zero-order valence-corrected chi connectivity index (χ0v) is 15.0. The van der Waals surface area contributed by atoms with Crippen LogP contribution in [0.1, 0.15) is 24.1 Å². The maximum atomic E-state index is 5.79. The number of aliphatic imine (C=N–C) groups is 1. The number of aromatic nitrogens is 2. The summed E-state index contributed by atoms with van der Waals surface area (Å²) < 4.78 is 5.79. The van der Waals surface area contributed by atoms with Gasteiger partial charge in [0.05, 0.1) is 18.8 Å². The van der Waals surface area contributed by atoms with E-state index in [1.54, 1.807) is 0 Å². The quantitative estimate of drug-likeness (QED) is 0.717. The molecule has 6 nitrogen and oxygen atoms in total. The smallest absolute Gasteiger partial charge is 0.213 e. The van der Waals surface area contributed by atoms with Gasteiger partial charge in [-0.3, -0.25) is 9.89 Å². The second kappa shape index (κ2) is 8.27. The van der Waals surface area contributed by atoms with Gasteiger partial charge in [-0.25, -0.2) is 9.97 Å². The van der Waals surface area contributed by atoms with E-state index in [9.17, 15) is 0 Å². The van der Waals surface area contributed by atoms with Crippen LogP contribution in [-0.2, 0) is 6.54 Å². The van der Waals surface area contributed by atoms with Crippen molar-refractivity contribution in [3.8, 4) is 5.88 Å². The maximum Gasteiger partial charge on any atom is 0.213 e. The number of ether oxygens (including phenoxy) is 1. The lowest BCUT2D eigenvalue weighted by Crippen LogP contribution is -2.46. The van der Waals surface area contributed by atoms with E-state index in [0.29, 0.717) is 6.54 Å². The van der Waals surface area contributed by atoms with Crippen molar-refractivity contribution in [2.45, 2.75) is 19.4 Å². The molecule has 4 rings (SSSR count). The third-order valence-corrected chi connectivity index (χ3v) is 4.92. The summed E-state index contributed by atoms with van der Waals surface area (Å²) in [5.74, 6) is 1.81. The number of unbranched alkanes of at least 4 members (excludes halogenated alkanes) is 1. The van der Waals surface area contributed by atoms with E-state index in [1.807, 2.05) is 30.6 Å². The first-order valence-electron chi connectivity index (χ1n) is 9.39. The molecule has 2 aromatic rings. The van der Waals surface area contributed by atoms with E-state index in [2.05, 4.69) is 36.9 Å². The topological polar surface area (TPSA) is 53.9 Å². The summed E-state index contributed by atoms with van der Waals surface area (Å²) in [4.78, 5) is 18.1. The van der Waals surface area contributed by atoms with Crippen LogP contribution in [0.2, 0.25) is 0 Å². The van der Waals surface area contributed by atoms with Crippen LogP contribution in [0.3, 0.4) is 0 Å². The highest BCUT2D eigenvalue weighted by Gasteiger charge is 2.17. The van der Waals surface area contributed by atoms with E-state index in [1.165, 1.54) is 0 Å². The Morgan fingerprint density at radius 2 is 1.92 bits per heavy atom. The van der Waals surface area contributed by atoms with Gasteiger partial charge in [0.1, 0.15) is 5.82 Å². The lowest BCUT2D eigenvalue weighted by Gasteiger charge is -2.35. The molecule has 0 radical (unpaired) electrons. The lowest BCUT2D eigenvalue weighted by molar-refractivity contribution is 0.236. The van der Waals surface area contributed by atoms with Crippen LogP contribution in [-0.4, -0.2) is 60.4 Å². The van der Waals surface area contributed by atoms with Crippen molar-refractivity contribution in [1.29, 1.82) is 0 Å². The number of rotatable bonds is 7. The minimum absolute atomic E-state index is 0.678. The molecule has 6 heteroatoms. The van der Waals surface area contributed by atoms with Gasteiger partial charge in [0.15, 0.2) is 0 Å². The summed E-state index contributed by atoms with van der Waals surface area (Å²) in [5, 5.41) is 0. The van der Waals surface area contributed by atoms with Crippen LogP contribution in [0.25, 0.3) is 0 Å². The highest BCUT2D eigenvalue weighted by Crippen LogP contribution is 2.17. The predicted octanol–water partition coefficient (Wildman–Crippen LogP) is 2.39. The highest BCUT2D eigenvalue weighted by molar-refractivity contribution is 5.83. The largest absolute Gasteiger partial charge is 0.478 e. The summed E-state index contributed by atoms with van der Waals surface area (Å²) >= 11 is 0. The molecule has 0 amide bonds. The zero-order valence-electron chi connectivity index (χ0n) is 15.0. The van der Waals surface area contributed by atoms with E-state index in [-0.39, 0.29) is 0 Å². The lowest BCUT2D eigenvalue weighted by atomic mass is 10.2. The minimum Gasteiger partial charge on any atom is -0.478 e. The SMILES string of the molecule is C1=NCc2nc(OCCCCN3CCN(c4ccccn4)CC3)ccc21. The molecule has 4 heterocycles. The molecule has 2 aliphatic heterocycles. The fraction of sp³-hybridized carbons (Fsp3) is 0.450. The molecule has 0 unspecified atom stereocenters. The fourth-order valence-electron chi connectivity index (χ4n) is 3.40.